The molecule has 1 unspecified atom stereocenters. The number of amides is 2. The number of pyridine rings is 1. The smallest absolute Gasteiger partial charge is 0.303 e. The number of benzene rings is 1. The minimum atomic E-state index is -0.834. The molecule has 0 spiro atoms. The standard InChI is InChI=1S/C23H25N3O4.ClH/c27-21(10-11-22(28)26-20-7-3-4-12-24-20)25-15-16-8-9-17-5-1-2-6-19(17)18(13-16)14-23(29)30;/h1-8,12,18H,9-11,13-15H2,(H,25,27)(H,29,30)(H,24,26,28);1H. The van der Waals surface area contributed by atoms with Crippen LogP contribution in [0.1, 0.15) is 42.7 Å². The minimum absolute atomic E-state index is 0. The Morgan fingerprint density at radius 2 is 1.77 bits per heavy atom. The zero-order valence-electron chi connectivity index (χ0n) is 17.0. The van der Waals surface area contributed by atoms with Crippen molar-refractivity contribution in [1.82, 2.24) is 10.3 Å². The molecule has 2 aromatic rings. The van der Waals surface area contributed by atoms with E-state index < -0.39 is 5.97 Å². The topological polar surface area (TPSA) is 108 Å². The molecule has 1 aromatic carbocycles. The van der Waals surface area contributed by atoms with Crippen LogP contribution in [0.4, 0.5) is 5.82 Å². The summed E-state index contributed by atoms with van der Waals surface area (Å²) in [6, 6.07) is 13.1. The maximum atomic E-state index is 12.2. The van der Waals surface area contributed by atoms with Crippen molar-refractivity contribution in [2.24, 2.45) is 0 Å². The van der Waals surface area contributed by atoms with Crippen molar-refractivity contribution in [2.45, 2.75) is 38.0 Å². The van der Waals surface area contributed by atoms with Gasteiger partial charge >= 0.3 is 5.97 Å². The van der Waals surface area contributed by atoms with E-state index in [4.69, 9.17) is 0 Å². The highest BCUT2D eigenvalue weighted by atomic mass is 35.5. The van der Waals surface area contributed by atoms with Gasteiger partial charge in [0.2, 0.25) is 11.8 Å². The lowest BCUT2D eigenvalue weighted by molar-refractivity contribution is -0.137. The Morgan fingerprint density at radius 1 is 1.03 bits per heavy atom. The molecule has 8 heteroatoms. The number of carboxylic acids is 1. The van der Waals surface area contributed by atoms with Crippen molar-refractivity contribution < 1.29 is 19.5 Å². The van der Waals surface area contributed by atoms with Gasteiger partial charge in [0, 0.05) is 25.6 Å². The summed E-state index contributed by atoms with van der Waals surface area (Å²) in [5, 5.41) is 14.8. The van der Waals surface area contributed by atoms with Gasteiger partial charge in [-0.3, -0.25) is 14.4 Å². The third-order valence-electron chi connectivity index (χ3n) is 5.06. The van der Waals surface area contributed by atoms with Gasteiger partial charge < -0.3 is 15.7 Å². The largest absolute Gasteiger partial charge is 0.481 e. The molecule has 1 aliphatic rings. The van der Waals surface area contributed by atoms with Crippen LogP contribution in [0.25, 0.3) is 0 Å². The number of halogens is 1. The van der Waals surface area contributed by atoms with Gasteiger partial charge in [0.1, 0.15) is 5.82 Å². The summed E-state index contributed by atoms with van der Waals surface area (Å²) in [5.74, 6) is -0.985. The van der Waals surface area contributed by atoms with E-state index in [2.05, 4.69) is 21.7 Å². The van der Waals surface area contributed by atoms with E-state index in [0.717, 1.165) is 16.7 Å². The molecular weight excluding hydrogens is 418 g/mol. The summed E-state index contributed by atoms with van der Waals surface area (Å²) in [6.07, 6.45) is 5.14. The van der Waals surface area contributed by atoms with E-state index in [9.17, 15) is 19.5 Å². The first kappa shape index (κ1) is 24.1. The number of carboxylic acid groups (broad SMARTS) is 1. The molecule has 164 valence electrons. The first-order valence-electron chi connectivity index (χ1n) is 9.96. The third kappa shape index (κ3) is 7.53. The van der Waals surface area contributed by atoms with Gasteiger partial charge in [0.15, 0.2) is 0 Å². The summed E-state index contributed by atoms with van der Waals surface area (Å²) in [6.45, 7) is 0.352. The molecule has 1 aliphatic carbocycles. The predicted octanol–water partition coefficient (Wildman–Crippen LogP) is 3.47. The second kappa shape index (κ2) is 11.9. The Kier molecular flexibility index (Phi) is 9.21. The van der Waals surface area contributed by atoms with Crippen molar-refractivity contribution in [1.29, 1.82) is 0 Å². The number of rotatable bonds is 8. The summed E-state index contributed by atoms with van der Waals surface area (Å²) in [5.41, 5.74) is 3.18. The highest BCUT2D eigenvalue weighted by Gasteiger charge is 2.22. The number of anilines is 1. The van der Waals surface area contributed by atoms with Crippen LogP contribution in [0.3, 0.4) is 0 Å². The molecule has 0 fully saturated rings. The third-order valence-corrected chi connectivity index (χ3v) is 5.06. The van der Waals surface area contributed by atoms with Crippen LogP contribution >= 0.6 is 12.4 Å². The van der Waals surface area contributed by atoms with Crippen LogP contribution in [0.15, 0.2) is 60.3 Å². The monoisotopic (exact) mass is 443 g/mol. The van der Waals surface area contributed by atoms with Crippen molar-refractivity contribution in [2.75, 3.05) is 11.9 Å². The Morgan fingerprint density at radius 3 is 2.52 bits per heavy atom. The number of allylic oxidation sites excluding steroid dienone is 1. The molecule has 1 atom stereocenters. The maximum absolute atomic E-state index is 12.2. The molecular formula is C23H26ClN3O4. The predicted molar refractivity (Wildman–Crippen MR) is 120 cm³/mol. The van der Waals surface area contributed by atoms with Crippen molar-refractivity contribution >= 4 is 36.0 Å². The summed E-state index contributed by atoms with van der Waals surface area (Å²) in [4.78, 5) is 39.4. The van der Waals surface area contributed by atoms with Gasteiger partial charge in [-0.2, -0.15) is 0 Å². The fourth-order valence-electron chi connectivity index (χ4n) is 3.59. The van der Waals surface area contributed by atoms with E-state index in [-0.39, 0.29) is 49.4 Å². The molecule has 3 N–H and O–H groups in total. The lowest BCUT2D eigenvalue weighted by atomic mass is 9.88. The van der Waals surface area contributed by atoms with E-state index >= 15 is 0 Å². The second-order valence-electron chi connectivity index (χ2n) is 7.30. The minimum Gasteiger partial charge on any atom is -0.481 e. The summed E-state index contributed by atoms with van der Waals surface area (Å²) < 4.78 is 0. The highest BCUT2D eigenvalue weighted by Crippen LogP contribution is 2.33. The molecule has 0 aliphatic heterocycles. The highest BCUT2D eigenvalue weighted by molar-refractivity contribution is 5.92. The molecule has 1 aromatic heterocycles. The molecule has 0 radical (unpaired) electrons. The lowest BCUT2D eigenvalue weighted by Crippen LogP contribution is -2.27. The summed E-state index contributed by atoms with van der Waals surface area (Å²) in [7, 11) is 0. The van der Waals surface area contributed by atoms with Crippen LogP contribution in [0.5, 0.6) is 0 Å². The second-order valence-corrected chi connectivity index (χ2v) is 7.30. The van der Waals surface area contributed by atoms with Gasteiger partial charge in [-0.15, -0.1) is 12.4 Å². The lowest BCUT2D eigenvalue weighted by Gasteiger charge is -2.17. The van der Waals surface area contributed by atoms with Gasteiger partial charge in [-0.05, 0) is 42.0 Å². The number of hydrogen-bond acceptors (Lipinski definition) is 4. The zero-order valence-corrected chi connectivity index (χ0v) is 17.9. The van der Waals surface area contributed by atoms with Crippen LogP contribution in [-0.4, -0.2) is 34.4 Å². The zero-order chi connectivity index (χ0) is 21.3. The number of fused-ring (bicyclic) bond motifs is 1. The molecule has 1 heterocycles. The molecule has 3 rings (SSSR count). The first-order chi connectivity index (χ1) is 14.5. The number of carbonyl (C=O) groups is 3. The molecule has 0 saturated carbocycles. The Labute approximate surface area is 187 Å². The van der Waals surface area contributed by atoms with Crippen LogP contribution in [-0.2, 0) is 20.8 Å². The fraction of sp³-hybridized carbons (Fsp3) is 0.304. The van der Waals surface area contributed by atoms with E-state index in [0.29, 0.717) is 25.2 Å². The molecule has 0 saturated heterocycles. The Balaban J connectivity index is 0.00000341. The number of aliphatic carboxylic acids is 1. The number of aromatic nitrogens is 1. The van der Waals surface area contributed by atoms with Crippen molar-refractivity contribution in [3.05, 3.63) is 71.4 Å². The quantitative estimate of drug-likeness (QED) is 0.541. The Bertz CT molecular complexity index is 947. The number of nitrogens with zero attached hydrogens (tertiary/aromatic N) is 1. The number of carbonyl (C=O) groups excluding carboxylic acids is 2. The summed E-state index contributed by atoms with van der Waals surface area (Å²) >= 11 is 0. The van der Waals surface area contributed by atoms with Gasteiger partial charge in [0.05, 0.1) is 6.42 Å². The molecule has 0 bridgehead atoms. The van der Waals surface area contributed by atoms with Crippen LogP contribution in [0, 0.1) is 0 Å². The fourth-order valence-corrected chi connectivity index (χ4v) is 3.59. The van der Waals surface area contributed by atoms with Gasteiger partial charge in [-0.25, -0.2) is 4.98 Å². The van der Waals surface area contributed by atoms with Gasteiger partial charge in [0.25, 0.3) is 0 Å². The molecule has 7 nitrogen and oxygen atoms in total. The van der Waals surface area contributed by atoms with E-state index in [1.54, 1.807) is 24.4 Å². The average Bonchev–Trinajstić information content (AvgIpc) is 2.91. The van der Waals surface area contributed by atoms with Crippen molar-refractivity contribution in [3.8, 4) is 0 Å². The van der Waals surface area contributed by atoms with Crippen LogP contribution < -0.4 is 10.6 Å². The van der Waals surface area contributed by atoms with E-state index in [1.165, 1.54) is 0 Å². The SMILES string of the molecule is Cl.O=C(O)CC1CC(CNC(=O)CCC(=O)Nc2ccccn2)=CCc2ccccc21. The van der Waals surface area contributed by atoms with Gasteiger partial charge in [-0.1, -0.05) is 42.0 Å². The molecule has 31 heavy (non-hydrogen) atoms. The number of nitrogens with one attached hydrogen (secondary N) is 2. The number of hydrogen-bond donors (Lipinski definition) is 3. The molecule has 2 amide bonds. The normalized spacial score (nSPS) is 14.8. The maximum Gasteiger partial charge on any atom is 0.303 e. The average molecular weight is 444 g/mol. The van der Waals surface area contributed by atoms with E-state index in [1.807, 2.05) is 24.3 Å². The Hall–Kier alpha value is -3.19. The van der Waals surface area contributed by atoms with Crippen LogP contribution in [0.2, 0.25) is 0 Å². The first-order valence-corrected chi connectivity index (χ1v) is 9.96. The van der Waals surface area contributed by atoms with Crippen molar-refractivity contribution in [3.63, 3.8) is 0 Å².